The molecule has 1 fully saturated rings. The summed E-state index contributed by atoms with van der Waals surface area (Å²) in [4.78, 5) is 21.8. The molecule has 1 aliphatic heterocycles. The first-order chi connectivity index (χ1) is 9.25. The summed E-state index contributed by atoms with van der Waals surface area (Å²) in [7, 11) is 0. The van der Waals surface area contributed by atoms with Crippen LogP contribution in [0.15, 0.2) is 30.6 Å². The van der Waals surface area contributed by atoms with Crippen LogP contribution in [0.4, 0.5) is 5.82 Å². The maximum Gasteiger partial charge on any atom is 0.308 e. The second-order valence-corrected chi connectivity index (χ2v) is 4.84. The Balaban J connectivity index is 1.97. The molecule has 5 nitrogen and oxygen atoms in total. The van der Waals surface area contributed by atoms with E-state index in [-0.39, 0.29) is 5.92 Å². The molecular weight excluding hydrogens is 242 g/mol. The standard InChI is InChI=1S/C14H15N3O2/c18-14(19)10-4-3-7-17(8-10)13-11-5-1-2-6-12(11)15-9-16-13/h1-2,5-6,9-10H,3-4,7-8H2,(H,18,19)/t10-/m0/s1. The molecule has 19 heavy (non-hydrogen) atoms. The Morgan fingerprint density at radius 2 is 2.16 bits per heavy atom. The molecule has 2 heterocycles. The van der Waals surface area contributed by atoms with Gasteiger partial charge in [-0.2, -0.15) is 0 Å². The van der Waals surface area contributed by atoms with Gasteiger partial charge in [0, 0.05) is 18.5 Å². The minimum Gasteiger partial charge on any atom is -0.481 e. The molecule has 2 aromatic rings. The maximum absolute atomic E-state index is 11.1. The summed E-state index contributed by atoms with van der Waals surface area (Å²) < 4.78 is 0. The minimum absolute atomic E-state index is 0.303. The first-order valence-corrected chi connectivity index (χ1v) is 6.43. The van der Waals surface area contributed by atoms with E-state index in [2.05, 4.69) is 14.9 Å². The lowest BCUT2D eigenvalue weighted by atomic mass is 9.98. The summed E-state index contributed by atoms with van der Waals surface area (Å²) in [6, 6.07) is 7.82. The highest BCUT2D eigenvalue weighted by Gasteiger charge is 2.26. The lowest BCUT2D eigenvalue weighted by molar-refractivity contribution is -0.141. The van der Waals surface area contributed by atoms with Crippen molar-refractivity contribution in [3.63, 3.8) is 0 Å². The summed E-state index contributed by atoms with van der Waals surface area (Å²) >= 11 is 0. The normalized spacial score (nSPS) is 19.6. The van der Waals surface area contributed by atoms with Crippen molar-refractivity contribution in [2.45, 2.75) is 12.8 Å². The fourth-order valence-electron chi connectivity index (χ4n) is 2.61. The SMILES string of the molecule is O=C(O)[C@H]1CCCN(c2ncnc3ccccc23)C1. The van der Waals surface area contributed by atoms with Crippen molar-refractivity contribution in [3.05, 3.63) is 30.6 Å². The highest BCUT2D eigenvalue weighted by Crippen LogP contribution is 2.27. The van der Waals surface area contributed by atoms with Crippen molar-refractivity contribution in [2.24, 2.45) is 5.92 Å². The van der Waals surface area contributed by atoms with E-state index < -0.39 is 5.97 Å². The van der Waals surface area contributed by atoms with Crippen LogP contribution in [0, 0.1) is 5.92 Å². The lowest BCUT2D eigenvalue weighted by Gasteiger charge is -2.32. The van der Waals surface area contributed by atoms with E-state index in [1.165, 1.54) is 0 Å². The third-order valence-electron chi connectivity index (χ3n) is 3.59. The van der Waals surface area contributed by atoms with Crippen LogP contribution in [0.25, 0.3) is 10.9 Å². The number of piperidine rings is 1. The molecule has 1 aromatic carbocycles. The number of rotatable bonds is 2. The van der Waals surface area contributed by atoms with Crippen LogP contribution in [0.2, 0.25) is 0 Å². The number of aromatic nitrogens is 2. The van der Waals surface area contributed by atoms with E-state index in [4.69, 9.17) is 5.11 Å². The number of carbonyl (C=O) groups is 1. The number of anilines is 1. The largest absolute Gasteiger partial charge is 0.481 e. The summed E-state index contributed by atoms with van der Waals surface area (Å²) in [6.45, 7) is 1.38. The van der Waals surface area contributed by atoms with Gasteiger partial charge in [-0.3, -0.25) is 4.79 Å². The molecule has 3 rings (SSSR count). The van der Waals surface area contributed by atoms with Crippen LogP contribution >= 0.6 is 0 Å². The molecule has 1 saturated heterocycles. The Labute approximate surface area is 110 Å². The van der Waals surface area contributed by atoms with Crippen molar-refractivity contribution in [2.75, 3.05) is 18.0 Å². The quantitative estimate of drug-likeness (QED) is 0.890. The monoisotopic (exact) mass is 257 g/mol. The second-order valence-electron chi connectivity index (χ2n) is 4.84. The van der Waals surface area contributed by atoms with E-state index in [1.54, 1.807) is 6.33 Å². The number of para-hydroxylation sites is 1. The number of aliphatic carboxylic acids is 1. The molecule has 0 saturated carbocycles. The predicted molar refractivity (Wildman–Crippen MR) is 72.1 cm³/mol. The third kappa shape index (κ3) is 2.23. The molecule has 1 atom stereocenters. The van der Waals surface area contributed by atoms with Gasteiger partial charge in [0.25, 0.3) is 0 Å². The Kier molecular flexibility index (Phi) is 3.03. The van der Waals surface area contributed by atoms with Crippen LogP contribution in [-0.2, 0) is 4.79 Å². The molecule has 0 unspecified atom stereocenters. The van der Waals surface area contributed by atoms with E-state index in [9.17, 15) is 4.79 Å². The van der Waals surface area contributed by atoms with Crippen molar-refractivity contribution in [1.82, 2.24) is 9.97 Å². The number of carboxylic acid groups (broad SMARTS) is 1. The Morgan fingerprint density at radius 1 is 1.32 bits per heavy atom. The lowest BCUT2D eigenvalue weighted by Crippen LogP contribution is -2.39. The minimum atomic E-state index is -0.719. The first kappa shape index (κ1) is 11.9. The first-order valence-electron chi connectivity index (χ1n) is 6.43. The van der Waals surface area contributed by atoms with Crippen LogP contribution in [0.1, 0.15) is 12.8 Å². The van der Waals surface area contributed by atoms with Crippen LogP contribution in [0.5, 0.6) is 0 Å². The molecule has 1 aliphatic rings. The fourth-order valence-corrected chi connectivity index (χ4v) is 2.61. The zero-order valence-corrected chi connectivity index (χ0v) is 10.5. The summed E-state index contributed by atoms with van der Waals surface area (Å²) in [5.41, 5.74) is 0.893. The molecular formula is C14H15N3O2. The Hall–Kier alpha value is -2.17. The molecule has 0 amide bonds. The Bertz CT molecular complexity index is 609. The zero-order valence-electron chi connectivity index (χ0n) is 10.5. The van der Waals surface area contributed by atoms with Gasteiger partial charge in [0.1, 0.15) is 12.1 Å². The molecule has 0 spiro atoms. The van der Waals surface area contributed by atoms with Gasteiger partial charge in [0.2, 0.25) is 0 Å². The van der Waals surface area contributed by atoms with Gasteiger partial charge in [-0.25, -0.2) is 9.97 Å². The molecule has 0 bridgehead atoms. The van der Waals surface area contributed by atoms with Crippen LogP contribution in [0.3, 0.4) is 0 Å². The summed E-state index contributed by atoms with van der Waals surface area (Å²) in [6.07, 6.45) is 3.17. The number of carboxylic acids is 1. The van der Waals surface area contributed by atoms with Gasteiger partial charge in [0.05, 0.1) is 11.4 Å². The van der Waals surface area contributed by atoms with Crippen molar-refractivity contribution in [3.8, 4) is 0 Å². The van der Waals surface area contributed by atoms with E-state index in [1.807, 2.05) is 24.3 Å². The summed E-state index contributed by atoms with van der Waals surface area (Å²) in [5, 5.41) is 10.1. The molecule has 5 heteroatoms. The Morgan fingerprint density at radius 3 is 3.00 bits per heavy atom. The van der Waals surface area contributed by atoms with Gasteiger partial charge < -0.3 is 10.0 Å². The van der Waals surface area contributed by atoms with E-state index in [0.29, 0.717) is 6.54 Å². The van der Waals surface area contributed by atoms with Crippen molar-refractivity contribution < 1.29 is 9.90 Å². The summed E-state index contributed by atoms with van der Waals surface area (Å²) in [5.74, 6) is -0.179. The van der Waals surface area contributed by atoms with Gasteiger partial charge >= 0.3 is 5.97 Å². The van der Waals surface area contributed by atoms with Gasteiger partial charge in [-0.15, -0.1) is 0 Å². The molecule has 0 radical (unpaired) electrons. The molecule has 98 valence electrons. The number of hydrogen-bond donors (Lipinski definition) is 1. The fraction of sp³-hybridized carbons (Fsp3) is 0.357. The van der Waals surface area contributed by atoms with Gasteiger partial charge in [-0.1, -0.05) is 12.1 Å². The van der Waals surface area contributed by atoms with Crippen molar-refractivity contribution in [1.29, 1.82) is 0 Å². The molecule has 0 aliphatic carbocycles. The number of nitrogens with zero attached hydrogens (tertiary/aromatic N) is 3. The average Bonchev–Trinajstić information content (AvgIpc) is 2.47. The number of hydrogen-bond acceptors (Lipinski definition) is 4. The van der Waals surface area contributed by atoms with E-state index >= 15 is 0 Å². The number of fused-ring (bicyclic) bond motifs is 1. The highest BCUT2D eigenvalue weighted by molar-refractivity contribution is 5.89. The molecule has 1 N–H and O–H groups in total. The van der Waals surface area contributed by atoms with Gasteiger partial charge in [0.15, 0.2) is 0 Å². The van der Waals surface area contributed by atoms with Crippen molar-refractivity contribution >= 4 is 22.7 Å². The topological polar surface area (TPSA) is 66.3 Å². The predicted octanol–water partition coefficient (Wildman–Crippen LogP) is 1.93. The van der Waals surface area contributed by atoms with Gasteiger partial charge in [-0.05, 0) is 25.0 Å². The zero-order chi connectivity index (χ0) is 13.2. The number of benzene rings is 1. The maximum atomic E-state index is 11.1. The smallest absolute Gasteiger partial charge is 0.308 e. The second kappa shape index (κ2) is 4.84. The van der Waals surface area contributed by atoms with E-state index in [0.717, 1.165) is 36.1 Å². The third-order valence-corrected chi connectivity index (χ3v) is 3.59. The highest BCUT2D eigenvalue weighted by atomic mass is 16.4. The van der Waals surface area contributed by atoms with Crippen LogP contribution in [-0.4, -0.2) is 34.1 Å². The molecule has 1 aromatic heterocycles. The van der Waals surface area contributed by atoms with Crippen LogP contribution < -0.4 is 4.90 Å². The average molecular weight is 257 g/mol.